The number of halogens is 5. The molecule has 0 aliphatic carbocycles. The molecule has 0 saturated heterocycles. The number of amides is 1. The van der Waals surface area contributed by atoms with Crippen molar-refractivity contribution in [2.75, 3.05) is 5.32 Å². The zero-order valence-electron chi connectivity index (χ0n) is 19.0. The van der Waals surface area contributed by atoms with Crippen LogP contribution in [0, 0.1) is 0 Å². The lowest BCUT2D eigenvalue weighted by molar-refractivity contribution is -0.253. The molecular weight excluding hydrogens is 518 g/mol. The first-order chi connectivity index (χ1) is 17.6. The minimum atomic E-state index is -4.62. The molecule has 0 spiro atoms. The Hall–Kier alpha value is -4.12. The molecule has 0 aliphatic heterocycles. The van der Waals surface area contributed by atoms with Gasteiger partial charge in [0.05, 0.1) is 17.2 Å². The van der Waals surface area contributed by atoms with E-state index in [1.807, 2.05) is 0 Å². The lowest BCUT2D eigenvalue weighted by Gasteiger charge is -2.17. The average molecular weight is 536 g/mol. The Kier molecular flexibility index (Phi) is 7.63. The Morgan fingerprint density at radius 2 is 1.59 bits per heavy atom. The van der Waals surface area contributed by atoms with Crippen LogP contribution in [0.1, 0.15) is 6.92 Å². The zero-order chi connectivity index (χ0) is 26.6. The Labute approximate surface area is 213 Å². The summed E-state index contributed by atoms with van der Waals surface area (Å²) in [6.07, 6.45) is -8.05. The lowest BCUT2D eigenvalue weighted by atomic mass is 10.2. The fourth-order valence-corrected chi connectivity index (χ4v) is 3.20. The predicted octanol–water partition coefficient (Wildman–Crippen LogP) is 6.72. The van der Waals surface area contributed by atoms with Gasteiger partial charge in [-0.15, -0.1) is 0 Å². The number of ether oxygens (including phenoxy) is 3. The van der Waals surface area contributed by atoms with E-state index < -0.39 is 30.3 Å². The Morgan fingerprint density at radius 3 is 2.27 bits per heavy atom. The number of nitrogens with zero attached hydrogens (tertiary/aromatic N) is 2. The topological polar surface area (TPSA) is 82.6 Å². The first-order valence-corrected chi connectivity index (χ1v) is 11.1. The number of benzene rings is 3. The molecule has 1 amide bonds. The number of nitrogens with one attached hydrogen (secondary N) is 1. The second-order valence-corrected chi connectivity index (χ2v) is 8.09. The van der Waals surface area contributed by atoms with E-state index in [1.54, 1.807) is 42.5 Å². The highest BCUT2D eigenvalue weighted by atomic mass is 35.5. The van der Waals surface area contributed by atoms with Gasteiger partial charge in [-0.3, -0.25) is 4.79 Å². The monoisotopic (exact) mass is 535 g/mol. The van der Waals surface area contributed by atoms with Gasteiger partial charge in [0.25, 0.3) is 5.91 Å². The highest BCUT2D eigenvalue weighted by Crippen LogP contribution is 2.28. The second kappa shape index (κ2) is 10.9. The third-order valence-corrected chi connectivity index (χ3v) is 5.08. The smallest absolute Gasteiger partial charge is 0.461 e. The minimum Gasteiger partial charge on any atom is -0.481 e. The fraction of sp³-hybridized carbons (Fsp3) is 0.160. The first-order valence-electron chi connectivity index (χ1n) is 10.7. The van der Waals surface area contributed by atoms with Gasteiger partial charge in [-0.25, -0.2) is 9.97 Å². The van der Waals surface area contributed by atoms with Crippen molar-refractivity contribution in [2.24, 2.45) is 0 Å². The summed E-state index contributed by atoms with van der Waals surface area (Å²) in [6, 6.07) is 16.1. The molecule has 0 radical (unpaired) electrons. The molecule has 37 heavy (non-hydrogen) atoms. The lowest BCUT2D eigenvalue weighted by Crippen LogP contribution is -2.33. The summed E-state index contributed by atoms with van der Waals surface area (Å²) in [5, 5.41) is 3.09. The molecule has 7 nitrogen and oxygen atoms in total. The Bertz CT molecular complexity index is 1390. The molecule has 1 atom stereocenters. The van der Waals surface area contributed by atoms with E-state index in [0.717, 1.165) is 12.1 Å². The zero-order valence-corrected chi connectivity index (χ0v) is 19.8. The van der Waals surface area contributed by atoms with Gasteiger partial charge in [-0.2, -0.15) is 17.6 Å². The first kappa shape index (κ1) is 26.0. The number of alkyl halides is 4. The van der Waals surface area contributed by atoms with Crippen LogP contribution >= 0.6 is 11.6 Å². The highest BCUT2D eigenvalue weighted by molar-refractivity contribution is 6.31. The molecule has 1 heterocycles. The molecule has 0 aliphatic rings. The quantitative estimate of drug-likeness (QED) is 0.240. The van der Waals surface area contributed by atoms with Crippen LogP contribution in [-0.4, -0.2) is 34.5 Å². The van der Waals surface area contributed by atoms with Gasteiger partial charge in [0.15, 0.2) is 6.10 Å². The van der Waals surface area contributed by atoms with Crippen molar-refractivity contribution >= 4 is 34.2 Å². The van der Waals surface area contributed by atoms with Gasteiger partial charge in [0.1, 0.15) is 17.2 Å². The molecule has 4 aromatic rings. The molecule has 0 bridgehead atoms. The molecule has 0 saturated carbocycles. The van der Waals surface area contributed by atoms with Gasteiger partial charge in [0, 0.05) is 10.7 Å². The van der Waals surface area contributed by atoms with Crippen molar-refractivity contribution in [3.63, 3.8) is 0 Å². The van der Waals surface area contributed by atoms with Crippen LogP contribution in [0.2, 0.25) is 5.02 Å². The minimum absolute atomic E-state index is 0.232. The van der Waals surface area contributed by atoms with Gasteiger partial charge < -0.3 is 19.5 Å². The maximum Gasteiger partial charge on any atom is 0.461 e. The van der Waals surface area contributed by atoms with E-state index in [2.05, 4.69) is 20.0 Å². The molecule has 192 valence electrons. The van der Waals surface area contributed by atoms with Gasteiger partial charge >= 0.3 is 12.5 Å². The van der Waals surface area contributed by atoms with Crippen molar-refractivity contribution in [1.82, 2.24) is 9.97 Å². The fourth-order valence-electron chi connectivity index (χ4n) is 3.03. The van der Waals surface area contributed by atoms with Gasteiger partial charge in [-0.1, -0.05) is 11.6 Å². The standard InChI is InChI=1S/C25H18ClF4N3O4/c1-14(23(34)32-16-3-5-19(6-4-16)37-25(29,30)24(27)28)35-17-7-9-18(10-8-17)36-22-13-31-21-12-15(26)2-11-20(21)33-22/h2-14,24H,1H3,(H,32,34). The van der Waals surface area contributed by atoms with Crippen molar-refractivity contribution < 1.29 is 36.6 Å². The summed E-state index contributed by atoms with van der Waals surface area (Å²) < 4.78 is 65.8. The van der Waals surface area contributed by atoms with Crippen molar-refractivity contribution in [3.05, 3.63) is 77.9 Å². The van der Waals surface area contributed by atoms with E-state index in [4.69, 9.17) is 21.1 Å². The SMILES string of the molecule is CC(Oc1ccc(Oc2cnc3cc(Cl)ccc3n2)cc1)C(=O)Nc1ccc(OC(F)(F)C(F)F)cc1. The number of carbonyl (C=O) groups excluding carboxylic acids is 1. The van der Waals surface area contributed by atoms with E-state index in [9.17, 15) is 22.4 Å². The highest BCUT2D eigenvalue weighted by Gasteiger charge is 2.43. The van der Waals surface area contributed by atoms with Crippen LogP contribution in [0.5, 0.6) is 23.1 Å². The average Bonchev–Trinajstić information content (AvgIpc) is 2.86. The second-order valence-electron chi connectivity index (χ2n) is 7.65. The van der Waals surface area contributed by atoms with Gasteiger partial charge in [-0.05, 0) is 73.7 Å². The number of fused-ring (bicyclic) bond motifs is 1. The molecular formula is C25H18ClF4N3O4. The van der Waals surface area contributed by atoms with Crippen LogP contribution in [0.25, 0.3) is 11.0 Å². The van der Waals surface area contributed by atoms with Crippen molar-refractivity contribution in [2.45, 2.75) is 25.6 Å². The Balaban J connectivity index is 1.31. The van der Waals surface area contributed by atoms with Crippen LogP contribution in [0.15, 0.2) is 72.9 Å². The van der Waals surface area contributed by atoms with Crippen LogP contribution in [0.3, 0.4) is 0 Å². The predicted molar refractivity (Wildman–Crippen MR) is 128 cm³/mol. The Morgan fingerprint density at radius 1 is 0.946 bits per heavy atom. The number of anilines is 1. The maximum absolute atomic E-state index is 13.0. The molecule has 1 aromatic heterocycles. The van der Waals surface area contributed by atoms with Gasteiger partial charge in [0.2, 0.25) is 5.88 Å². The summed E-state index contributed by atoms with van der Waals surface area (Å²) in [5.41, 5.74) is 1.49. The number of aromatic nitrogens is 2. The van der Waals surface area contributed by atoms with Crippen molar-refractivity contribution in [3.8, 4) is 23.1 Å². The molecule has 4 rings (SSSR count). The van der Waals surface area contributed by atoms with Crippen LogP contribution in [0.4, 0.5) is 23.2 Å². The number of rotatable bonds is 9. The molecule has 3 aromatic carbocycles. The largest absolute Gasteiger partial charge is 0.481 e. The van der Waals surface area contributed by atoms with Crippen LogP contribution < -0.4 is 19.5 Å². The molecule has 12 heteroatoms. The van der Waals surface area contributed by atoms with E-state index in [0.29, 0.717) is 27.6 Å². The summed E-state index contributed by atoms with van der Waals surface area (Å²) in [6.45, 7) is 1.51. The molecule has 1 N–H and O–H groups in total. The van der Waals surface area contributed by atoms with E-state index >= 15 is 0 Å². The summed E-state index contributed by atoms with van der Waals surface area (Å²) >= 11 is 5.95. The number of carbonyl (C=O) groups is 1. The van der Waals surface area contributed by atoms with E-state index in [1.165, 1.54) is 25.3 Å². The normalized spacial score (nSPS) is 12.3. The third kappa shape index (κ3) is 6.76. The number of hydrogen-bond acceptors (Lipinski definition) is 6. The van der Waals surface area contributed by atoms with E-state index in [-0.39, 0.29) is 11.6 Å². The third-order valence-electron chi connectivity index (χ3n) is 4.84. The van der Waals surface area contributed by atoms with Crippen LogP contribution in [-0.2, 0) is 4.79 Å². The maximum atomic E-state index is 13.0. The molecule has 1 unspecified atom stereocenters. The molecule has 0 fully saturated rings. The van der Waals surface area contributed by atoms with Crippen molar-refractivity contribution in [1.29, 1.82) is 0 Å². The number of hydrogen-bond donors (Lipinski definition) is 1. The summed E-state index contributed by atoms with van der Waals surface area (Å²) in [7, 11) is 0. The summed E-state index contributed by atoms with van der Waals surface area (Å²) in [5.74, 6) is 0.122. The summed E-state index contributed by atoms with van der Waals surface area (Å²) in [4.78, 5) is 21.1.